The number of phenolic OH excluding ortho intramolecular Hbond substituents is 1. The molecular weight excluding hydrogens is 389 g/mol. The van der Waals surface area contributed by atoms with Crippen LogP contribution < -0.4 is 4.72 Å². The fourth-order valence-corrected chi connectivity index (χ4v) is 4.79. The highest BCUT2D eigenvalue weighted by molar-refractivity contribution is 7.92. The molecule has 0 aliphatic rings. The van der Waals surface area contributed by atoms with Crippen LogP contribution >= 0.6 is 0 Å². The Kier molecular flexibility index (Phi) is 5.66. The maximum Gasteiger partial charge on any atom is 0.264 e. The quantitative estimate of drug-likeness (QED) is 0.544. The molecule has 0 fully saturated rings. The molecule has 0 aromatic heterocycles. The molecule has 0 heterocycles. The van der Waals surface area contributed by atoms with E-state index in [1.165, 1.54) is 18.2 Å². The van der Waals surface area contributed by atoms with Gasteiger partial charge in [-0.05, 0) is 61.6 Å². The Hall–Kier alpha value is -2.86. The van der Waals surface area contributed by atoms with E-state index in [1.54, 1.807) is 13.8 Å². The molecule has 0 amide bonds. The van der Waals surface area contributed by atoms with Crippen LogP contribution in [0.4, 0.5) is 10.1 Å². The molecule has 3 rings (SSSR count). The van der Waals surface area contributed by atoms with Crippen molar-refractivity contribution < 1.29 is 17.9 Å². The van der Waals surface area contributed by atoms with Gasteiger partial charge < -0.3 is 5.11 Å². The van der Waals surface area contributed by atoms with Crippen LogP contribution in [0.2, 0.25) is 0 Å². The molecular formula is C23H24FNO3S. The fourth-order valence-electron chi connectivity index (χ4n) is 3.58. The minimum atomic E-state index is -4.20. The van der Waals surface area contributed by atoms with E-state index in [-0.39, 0.29) is 11.4 Å². The number of sulfonamides is 1. The minimum Gasteiger partial charge on any atom is -0.505 e. The van der Waals surface area contributed by atoms with Crippen molar-refractivity contribution in [3.8, 4) is 16.9 Å². The van der Waals surface area contributed by atoms with E-state index in [4.69, 9.17) is 0 Å². The van der Waals surface area contributed by atoms with Crippen molar-refractivity contribution in [3.05, 3.63) is 76.6 Å². The van der Waals surface area contributed by atoms with E-state index in [2.05, 4.69) is 4.72 Å². The van der Waals surface area contributed by atoms with Crippen LogP contribution in [0.15, 0.2) is 53.4 Å². The number of hydrogen-bond acceptors (Lipinski definition) is 3. The Labute approximate surface area is 171 Å². The summed E-state index contributed by atoms with van der Waals surface area (Å²) in [6, 6.07) is 13.1. The summed E-state index contributed by atoms with van der Waals surface area (Å²) in [6.07, 6.45) is 0.643. The molecule has 0 aliphatic heterocycles. The van der Waals surface area contributed by atoms with Crippen LogP contribution in [0.3, 0.4) is 0 Å². The van der Waals surface area contributed by atoms with Gasteiger partial charge in [0.1, 0.15) is 16.5 Å². The van der Waals surface area contributed by atoms with Crippen LogP contribution in [0.1, 0.15) is 29.2 Å². The van der Waals surface area contributed by atoms with Gasteiger partial charge in [0.25, 0.3) is 10.0 Å². The van der Waals surface area contributed by atoms with Crippen LogP contribution in [0.25, 0.3) is 11.1 Å². The van der Waals surface area contributed by atoms with E-state index in [1.807, 2.05) is 38.1 Å². The molecule has 2 N–H and O–H groups in total. The summed E-state index contributed by atoms with van der Waals surface area (Å²) >= 11 is 0. The van der Waals surface area contributed by atoms with Gasteiger partial charge in [0.15, 0.2) is 0 Å². The van der Waals surface area contributed by atoms with Gasteiger partial charge in [0.2, 0.25) is 0 Å². The van der Waals surface area contributed by atoms with Crippen LogP contribution in [0.5, 0.6) is 5.75 Å². The molecule has 0 saturated carbocycles. The highest BCUT2D eigenvalue weighted by Crippen LogP contribution is 2.42. The zero-order valence-electron chi connectivity index (χ0n) is 16.9. The number of nitrogens with one attached hydrogen (secondary N) is 1. The average Bonchev–Trinajstić information content (AvgIpc) is 2.69. The van der Waals surface area contributed by atoms with Crippen molar-refractivity contribution >= 4 is 15.7 Å². The van der Waals surface area contributed by atoms with Crippen molar-refractivity contribution in [2.24, 2.45) is 0 Å². The third-order valence-electron chi connectivity index (χ3n) is 5.15. The van der Waals surface area contributed by atoms with Crippen molar-refractivity contribution in [3.63, 3.8) is 0 Å². The summed E-state index contributed by atoms with van der Waals surface area (Å²) in [7, 11) is -4.20. The van der Waals surface area contributed by atoms with Gasteiger partial charge in [-0.1, -0.05) is 48.9 Å². The lowest BCUT2D eigenvalue weighted by molar-refractivity contribution is 0.473. The van der Waals surface area contributed by atoms with Crippen molar-refractivity contribution in [2.45, 2.75) is 39.0 Å². The summed E-state index contributed by atoms with van der Waals surface area (Å²) in [4.78, 5) is -0.461. The maximum atomic E-state index is 14.1. The standard InChI is InChI=1S/C23H24FNO3S/c1-5-18-15(3)22(25-29(27,28)20-9-7-6-8-19(20)24)23(26)16(4)21(18)17-12-10-14(2)11-13-17/h6-13,25-26H,5H2,1-4H3. The molecule has 3 aromatic carbocycles. The first-order valence-electron chi connectivity index (χ1n) is 9.36. The van der Waals surface area contributed by atoms with Crippen molar-refractivity contribution in [1.29, 1.82) is 0 Å². The van der Waals surface area contributed by atoms with Gasteiger partial charge in [-0.2, -0.15) is 0 Å². The summed E-state index contributed by atoms with van der Waals surface area (Å²) < 4.78 is 42.0. The maximum absolute atomic E-state index is 14.1. The Balaban J connectivity index is 2.18. The molecule has 0 aliphatic carbocycles. The summed E-state index contributed by atoms with van der Waals surface area (Å²) in [5, 5.41) is 10.9. The Bertz CT molecular complexity index is 1170. The number of hydrogen-bond donors (Lipinski definition) is 2. The van der Waals surface area contributed by atoms with Gasteiger partial charge in [0.05, 0.1) is 5.69 Å². The predicted octanol–water partition coefficient (Wildman–Crippen LogP) is 5.49. The van der Waals surface area contributed by atoms with Gasteiger partial charge >= 0.3 is 0 Å². The minimum absolute atomic E-state index is 0.0819. The van der Waals surface area contributed by atoms with Crippen LogP contribution in [-0.2, 0) is 16.4 Å². The monoisotopic (exact) mass is 413 g/mol. The third-order valence-corrected chi connectivity index (χ3v) is 6.54. The molecule has 0 saturated heterocycles. The van der Waals surface area contributed by atoms with Crippen LogP contribution in [-0.4, -0.2) is 13.5 Å². The Morgan fingerprint density at radius 3 is 2.17 bits per heavy atom. The zero-order valence-corrected chi connectivity index (χ0v) is 17.7. The van der Waals surface area contributed by atoms with E-state index in [9.17, 15) is 17.9 Å². The molecule has 0 bridgehead atoms. The number of halogens is 1. The first-order chi connectivity index (χ1) is 13.7. The fraction of sp³-hybridized carbons (Fsp3) is 0.217. The Morgan fingerprint density at radius 1 is 0.966 bits per heavy atom. The van der Waals surface area contributed by atoms with Crippen molar-refractivity contribution in [2.75, 3.05) is 4.72 Å². The smallest absolute Gasteiger partial charge is 0.264 e. The number of aryl methyl sites for hydroxylation is 1. The molecule has 4 nitrogen and oxygen atoms in total. The van der Waals surface area contributed by atoms with Gasteiger partial charge in [-0.3, -0.25) is 4.72 Å². The summed E-state index contributed by atoms with van der Waals surface area (Å²) in [5.74, 6) is -1.00. The van der Waals surface area contributed by atoms with E-state index < -0.39 is 20.7 Å². The molecule has 0 radical (unpaired) electrons. The highest BCUT2D eigenvalue weighted by atomic mass is 32.2. The second-order valence-electron chi connectivity index (χ2n) is 7.08. The number of phenols is 1. The topological polar surface area (TPSA) is 66.4 Å². The second kappa shape index (κ2) is 7.87. The molecule has 0 spiro atoms. The highest BCUT2D eigenvalue weighted by Gasteiger charge is 2.25. The predicted molar refractivity (Wildman–Crippen MR) is 114 cm³/mol. The van der Waals surface area contributed by atoms with E-state index >= 15 is 0 Å². The second-order valence-corrected chi connectivity index (χ2v) is 8.73. The first kappa shape index (κ1) is 20.9. The van der Waals surface area contributed by atoms with Crippen molar-refractivity contribution in [1.82, 2.24) is 0 Å². The lowest BCUT2D eigenvalue weighted by atomic mass is 9.88. The molecule has 3 aromatic rings. The molecule has 0 unspecified atom stereocenters. The number of benzene rings is 3. The zero-order chi connectivity index (χ0) is 21.3. The molecule has 0 atom stereocenters. The number of rotatable bonds is 5. The van der Waals surface area contributed by atoms with E-state index in [0.29, 0.717) is 17.5 Å². The SMILES string of the molecule is CCc1c(C)c(NS(=O)(=O)c2ccccc2F)c(O)c(C)c1-c1ccc(C)cc1. The molecule has 29 heavy (non-hydrogen) atoms. The number of aromatic hydroxyl groups is 1. The molecule has 152 valence electrons. The largest absolute Gasteiger partial charge is 0.505 e. The Morgan fingerprint density at radius 2 is 1.59 bits per heavy atom. The van der Waals surface area contributed by atoms with Crippen LogP contribution in [0, 0.1) is 26.6 Å². The average molecular weight is 414 g/mol. The summed E-state index contributed by atoms with van der Waals surface area (Å²) in [6.45, 7) is 7.49. The number of anilines is 1. The van der Waals surface area contributed by atoms with Gasteiger partial charge in [-0.25, -0.2) is 12.8 Å². The van der Waals surface area contributed by atoms with Gasteiger partial charge in [0, 0.05) is 5.56 Å². The lowest BCUT2D eigenvalue weighted by Crippen LogP contribution is -2.16. The normalized spacial score (nSPS) is 11.5. The van der Waals surface area contributed by atoms with E-state index in [0.717, 1.165) is 28.3 Å². The lowest BCUT2D eigenvalue weighted by Gasteiger charge is -2.22. The third kappa shape index (κ3) is 3.85. The summed E-state index contributed by atoms with van der Waals surface area (Å²) in [5.41, 5.74) is 5.16. The molecule has 6 heteroatoms. The first-order valence-corrected chi connectivity index (χ1v) is 10.8. The van der Waals surface area contributed by atoms with Gasteiger partial charge in [-0.15, -0.1) is 0 Å².